The number of hydrogen-bond acceptors (Lipinski definition) is 4. The summed E-state index contributed by atoms with van der Waals surface area (Å²) in [7, 11) is 0. The highest BCUT2D eigenvalue weighted by Gasteiger charge is 2.29. The van der Waals surface area contributed by atoms with Crippen LogP contribution >= 0.6 is 0 Å². The molecule has 3 rings (SSSR count). The van der Waals surface area contributed by atoms with Crippen molar-refractivity contribution in [3.63, 3.8) is 0 Å². The Balaban J connectivity index is 1.98. The Labute approximate surface area is 160 Å². The van der Waals surface area contributed by atoms with Gasteiger partial charge in [-0.2, -0.15) is 5.10 Å². The smallest absolute Gasteiger partial charge is 0.255 e. The summed E-state index contributed by atoms with van der Waals surface area (Å²) in [6.07, 6.45) is 3.93. The highest BCUT2D eigenvalue weighted by Crippen LogP contribution is 2.40. The van der Waals surface area contributed by atoms with E-state index in [9.17, 15) is 9.59 Å². The molecule has 0 aromatic carbocycles. The molecule has 1 aliphatic rings. The summed E-state index contributed by atoms with van der Waals surface area (Å²) >= 11 is 0. The molecule has 1 saturated carbocycles. The third kappa shape index (κ3) is 4.12. The van der Waals surface area contributed by atoms with E-state index in [-0.39, 0.29) is 30.4 Å². The maximum Gasteiger partial charge on any atom is 0.255 e. The Bertz CT molecular complexity index is 851. The van der Waals surface area contributed by atoms with E-state index in [1.807, 2.05) is 45.4 Å². The van der Waals surface area contributed by atoms with E-state index in [1.165, 1.54) is 0 Å². The van der Waals surface area contributed by atoms with Crippen molar-refractivity contribution in [1.29, 1.82) is 0 Å². The lowest BCUT2D eigenvalue weighted by Crippen LogP contribution is -2.42. The highest BCUT2D eigenvalue weighted by molar-refractivity contribution is 6.06. The van der Waals surface area contributed by atoms with Gasteiger partial charge in [-0.25, -0.2) is 9.67 Å². The normalized spacial score (nSPS) is 14.2. The van der Waals surface area contributed by atoms with E-state index in [4.69, 9.17) is 4.98 Å². The molecule has 2 heterocycles. The van der Waals surface area contributed by atoms with E-state index >= 15 is 0 Å². The molecule has 0 bridgehead atoms. The van der Waals surface area contributed by atoms with Crippen LogP contribution in [-0.4, -0.2) is 50.6 Å². The Morgan fingerprint density at radius 3 is 2.56 bits per heavy atom. The van der Waals surface area contributed by atoms with Crippen LogP contribution in [0, 0.1) is 0 Å². The van der Waals surface area contributed by atoms with E-state index in [0.29, 0.717) is 18.0 Å². The number of amides is 2. The lowest BCUT2D eigenvalue weighted by atomic mass is 10.1. The third-order valence-electron chi connectivity index (χ3n) is 4.75. The number of aromatic nitrogens is 3. The molecule has 2 aromatic heterocycles. The van der Waals surface area contributed by atoms with Crippen LogP contribution < -0.4 is 5.32 Å². The third-order valence-corrected chi connectivity index (χ3v) is 4.75. The second-order valence-corrected chi connectivity index (χ2v) is 7.83. The molecule has 1 aliphatic carbocycles. The Morgan fingerprint density at radius 1 is 1.30 bits per heavy atom. The summed E-state index contributed by atoms with van der Waals surface area (Å²) in [6.45, 7) is 10.3. The van der Waals surface area contributed by atoms with Gasteiger partial charge in [0.2, 0.25) is 5.91 Å². The average molecular weight is 371 g/mol. The summed E-state index contributed by atoms with van der Waals surface area (Å²) in [5.41, 5.74) is 2.30. The monoisotopic (exact) mass is 371 g/mol. The number of rotatable bonds is 7. The Hall–Kier alpha value is -2.44. The van der Waals surface area contributed by atoms with Gasteiger partial charge in [0.15, 0.2) is 5.65 Å². The number of carbonyl (C=O) groups is 2. The lowest BCUT2D eigenvalue weighted by Gasteiger charge is -2.22. The zero-order valence-electron chi connectivity index (χ0n) is 16.8. The standard InChI is InChI=1S/C20H29N5O2/c1-6-24(11-18(26)22-12(2)3)20(27)15-9-17(14-7-8-14)23-19-16(15)10-21-25(19)13(4)5/h9-10,12-14H,6-8,11H2,1-5H3,(H,22,26). The topological polar surface area (TPSA) is 80.1 Å². The predicted octanol–water partition coefficient (Wildman–Crippen LogP) is 2.88. The van der Waals surface area contributed by atoms with Gasteiger partial charge in [0.1, 0.15) is 0 Å². The van der Waals surface area contributed by atoms with Crippen LogP contribution in [0.2, 0.25) is 0 Å². The lowest BCUT2D eigenvalue weighted by molar-refractivity contribution is -0.122. The van der Waals surface area contributed by atoms with Crippen LogP contribution in [0.25, 0.3) is 11.0 Å². The number of likely N-dealkylation sites (N-methyl/N-ethyl adjacent to an activating group) is 1. The molecule has 2 amide bonds. The van der Waals surface area contributed by atoms with Crippen LogP contribution in [0.5, 0.6) is 0 Å². The summed E-state index contributed by atoms with van der Waals surface area (Å²) < 4.78 is 1.86. The van der Waals surface area contributed by atoms with Crippen LogP contribution in [0.1, 0.15) is 75.5 Å². The Kier molecular flexibility index (Phi) is 5.48. The minimum atomic E-state index is -0.147. The summed E-state index contributed by atoms with van der Waals surface area (Å²) in [6, 6.07) is 2.11. The number of nitrogens with one attached hydrogen (secondary N) is 1. The molecule has 7 heteroatoms. The van der Waals surface area contributed by atoms with Crippen LogP contribution in [0.3, 0.4) is 0 Å². The molecule has 1 fully saturated rings. The van der Waals surface area contributed by atoms with Gasteiger partial charge in [0.25, 0.3) is 5.91 Å². The molecule has 27 heavy (non-hydrogen) atoms. The molecule has 0 saturated heterocycles. The van der Waals surface area contributed by atoms with E-state index in [1.54, 1.807) is 11.1 Å². The van der Waals surface area contributed by atoms with Crippen molar-refractivity contribution in [2.24, 2.45) is 0 Å². The molecule has 2 aromatic rings. The number of hydrogen-bond donors (Lipinski definition) is 1. The van der Waals surface area contributed by atoms with Crippen LogP contribution in [0.15, 0.2) is 12.3 Å². The van der Waals surface area contributed by atoms with Crippen molar-refractivity contribution in [3.8, 4) is 0 Å². The molecule has 0 radical (unpaired) electrons. The van der Waals surface area contributed by atoms with Gasteiger partial charge in [-0.3, -0.25) is 9.59 Å². The van der Waals surface area contributed by atoms with Gasteiger partial charge < -0.3 is 10.2 Å². The second-order valence-electron chi connectivity index (χ2n) is 7.83. The molecular weight excluding hydrogens is 342 g/mol. The van der Waals surface area contributed by atoms with E-state index < -0.39 is 0 Å². The molecule has 1 N–H and O–H groups in total. The molecule has 146 valence electrons. The molecule has 0 aliphatic heterocycles. The number of pyridine rings is 1. The van der Waals surface area contributed by atoms with Crippen molar-refractivity contribution in [2.45, 2.75) is 65.5 Å². The van der Waals surface area contributed by atoms with Gasteiger partial charge in [0, 0.05) is 30.2 Å². The zero-order valence-corrected chi connectivity index (χ0v) is 16.8. The zero-order chi connectivity index (χ0) is 19.7. The van der Waals surface area contributed by atoms with Gasteiger partial charge in [0.05, 0.1) is 23.7 Å². The maximum absolute atomic E-state index is 13.3. The fourth-order valence-electron chi connectivity index (χ4n) is 3.22. The van der Waals surface area contributed by atoms with Crippen molar-refractivity contribution in [3.05, 3.63) is 23.5 Å². The number of carbonyl (C=O) groups excluding carboxylic acids is 2. The van der Waals surface area contributed by atoms with E-state index in [2.05, 4.69) is 10.4 Å². The first-order valence-electron chi connectivity index (χ1n) is 9.78. The maximum atomic E-state index is 13.3. The van der Waals surface area contributed by atoms with E-state index in [0.717, 1.165) is 29.6 Å². The molecule has 0 spiro atoms. The van der Waals surface area contributed by atoms with Crippen molar-refractivity contribution >= 4 is 22.8 Å². The molecule has 0 atom stereocenters. The minimum absolute atomic E-state index is 0.0460. The van der Waals surface area contributed by atoms with Crippen molar-refractivity contribution in [1.82, 2.24) is 25.0 Å². The van der Waals surface area contributed by atoms with Gasteiger partial charge in [-0.15, -0.1) is 0 Å². The number of fused-ring (bicyclic) bond motifs is 1. The van der Waals surface area contributed by atoms with Gasteiger partial charge >= 0.3 is 0 Å². The predicted molar refractivity (Wildman–Crippen MR) is 105 cm³/mol. The fourth-order valence-corrected chi connectivity index (χ4v) is 3.22. The SMILES string of the molecule is CCN(CC(=O)NC(C)C)C(=O)c1cc(C2CC2)nc2c1cnn2C(C)C. The first-order chi connectivity index (χ1) is 12.8. The average Bonchev–Trinajstić information content (AvgIpc) is 3.36. The van der Waals surface area contributed by atoms with Gasteiger partial charge in [-0.1, -0.05) is 0 Å². The van der Waals surface area contributed by atoms with Crippen LogP contribution in [0.4, 0.5) is 0 Å². The highest BCUT2D eigenvalue weighted by atomic mass is 16.2. The quantitative estimate of drug-likeness (QED) is 0.811. The molecule has 0 unspecified atom stereocenters. The molecular formula is C20H29N5O2. The summed E-state index contributed by atoms with van der Waals surface area (Å²) in [5, 5.41) is 8.05. The minimum Gasteiger partial charge on any atom is -0.352 e. The van der Waals surface area contributed by atoms with Gasteiger partial charge in [-0.05, 0) is 53.5 Å². The number of nitrogens with zero attached hydrogens (tertiary/aromatic N) is 4. The Morgan fingerprint density at radius 2 is 2.00 bits per heavy atom. The summed E-state index contributed by atoms with van der Waals surface area (Å²) in [4.78, 5) is 31.8. The largest absolute Gasteiger partial charge is 0.352 e. The molecule has 7 nitrogen and oxygen atoms in total. The second kappa shape index (κ2) is 7.66. The van der Waals surface area contributed by atoms with Crippen LogP contribution in [-0.2, 0) is 4.79 Å². The first kappa shape index (κ1) is 19.3. The first-order valence-corrected chi connectivity index (χ1v) is 9.78. The van der Waals surface area contributed by atoms with Crippen molar-refractivity contribution in [2.75, 3.05) is 13.1 Å². The van der Waals surface area contributed by atoms with Crippen molar-refractivity contribution < 1.29 is 9.59 Å². The summed E-state index contributed by atoms with van der Waals surface area (Å²) in [5.74, 6) is 0.135. The fraction of sp³-hybridized carbons (Fsp3) is 0.600.